The molecule has 0 bridgehead atoms. The predicted molar refractivity (Wildman–Crippen MR) is 69.9 cm³/mol. The van der Waals surface area contributed by atoms with Gasteiger partial charge in [-0.2, -0.15) is 0 Å². The summed E-state index contributed by atoms with van der Waals surface area (Å²) in [4.78, 5) is 14.1. The maximum absolute atomic E-state index is 11.3. The monoisotopic (exact) mass is 363 g/mol. The molecule has 0 aliphatic carbocycles. The van der Waals surface area contributed by atoms with Gasteiger partial charge in [-0.1, -0.05) is 22.0 Å². The molecule has 0 radical (unpaired) electrons. The average molecular weight is 364 g/mol. The fraction of sp³-hybridized carbons (Fsp3) is 0.100. The van der Waals surface area contributed by atoms with E-state index in [2.05, 4.69) is 43.5 Å². The molecular weight excluding hydrogens is 357 g/mol. The molecule has 0 fully saturated rings. The number of pyridine rings is 1. The van der Waals surface area contributed by atoms with Crippen molar-refractivity contribution in [2.45, 2.75) is 5.33 Å². The van der Waals surface area contributed by atoms with Crippen LogP contribution < -0.4 is 5.56 Å². The van der Waals surface area contributed by atoms with E-state index in [0.29, 0.717) is 5.33 Å². The molecule has 14 heavy (non-hydrogen) atoms. The van der Waals surface area contributed by atoms with Crippen molar-refractivity contribution >= 4 is 49.4 Å². The molecule has 72 valence electrons. The second kappa shape index (κ2) is 4.02. The van der Waals surface area contributed by atoms with E-state index < -0.39 is 0 Å². The smallest absolute Gasteiger partial charge is 0.248 e. The van der Waals surface area contributed by atoms with Gasteiger partial charge in [-0.15, -0.1) is 0 Å². The molecule has 0 amide bonds. The number of hydrogen-bond donors (Lipinski definition) is 1. The molecule has 0 saturated heterocycles. The van der Waals surface area contributed by atoms with Crippen molar-refractivity contribution in [3.63, 3.8) is 0 Å². The fourth-order valence-electron chi connectivity index (χ4n) is 1.42. The van der Waals surface area contributed by atoms with Crippen molar-refractivity contribution in [1.82, 2.24) is 4.98 Å². The Balaban J connectivity index is 2.87. The van der Waals surface area contributed by atoms with Crippen LogP contribution in [0.25, 0.3) is 10.9 Å². The van der Waals surface area contributed by atoms with Crippen LogP contribution in [0.3, 0.4) is 0 Å². The Kier molecular flexibility index (Phi) is 2.92. The van der Waals surface area contributed by atoms with Crippen molar-refractivity contribution in [3.8, 4) is 0 Å². The van der Waals surface area contributed by atoms with Gasteiger partial charge in [-0.25, -0.2) is 0 Å². The molecule has 1 heterocycles. The fourth-order valence-corrected chi connectivity index (χ4v) is 2.37. The number of hydrogen-bond acceptors (Lipinski definition) is 1. The number of H-pyrrole nitrogens is 1. The molecule has 0 unspecified atom stereocenters. The van der Waals surface area contributed by atoms with Gasteiger partial charge in [0.1, 0.15) is 0 Å². The minimum Gasteiger partial charge on any atom is -0.322 e. The van der Waals surface area contributed by atoms with E-state index >= 15 is 0 Å². The van der Waals surface area contributed by atoms with Crippen molar-refractivity contribution in [2.24, 2.45) is 0 Å². The molecule has 2 rings (SSSR count). The van der Waals surface area contributed by atoms with Crippen LogP contribution in [0.2, 0.25) is 0 Å². The summed E-state index contributed by atoms with van der Waals surface area (Å²) in [6.45, 7) is 0. The highest BCUT2D eigenvalue weighted by Gasteiger charge is 2.02. The van der Waals surface area contributed by atoms with E-state index in [9.17, 15) is 4.79 Å². The zero-order valence-corrected chi connectivity index (χ0v) is 10.9. The third-order valence-corrected chi connectivity index (χ3v) is 3.31. The lowest BCUT2D eigenvalue weighted by Gasteiger charge is -2.02. The number of benzene rings is 1. The van der Waals surface area contributed by atoms with Crippen molar-refractivity contribution in [1.29, 1.82) is 0 Å². The highest BCUT2D eigenvalue weighted by atomic mass is 127. The molecule has 2 nitrogen and oxygen atoms in total. The summed E-state index contributed by atoms with van der Waals surface area (Å²) in [5.41, 5.74) is 1.88. The largest absolute Gasteiger partial charge is 0.322 e. The van der Waals surface area contributed by atoms with Gasteiger partial charge in [0, 0.05) is 25.9 Å². The SMILES string of the molecule is O=c1cc(CBr)c2ccc(I)cc2[nH]1. The molecular formula is C10H7BrINO. The first-order valence-electron chi connectivity index (χ1n) is 4.08. The van der Waals surface area contributed by atoms with Gasteiger partial charge in [-0.3, -0.25) is 4.79 Å². The first kappa shape index (κ1) is 10.2. The average Bonchev–Trinajstić information content (AvgIpc) is 2.15. The molecule has 0 spiro atoms. The van der Waals surface area contributed by atoms with Crippen molar-refractivity contribution < 1.29 is 0 Å². The zero-order chi connectivity index (χ0) is 10.1. The molecule has 0 atom stereocenters. The van der Waals surface area contributed by atoms with Gasteiger partial charge in [0.15, 0.2) is 0 Å². The van der Waals surface area contributed by atoms with Crippen LogP contribution in [0.1, 0.15) is 5.56 Å². The van der Waals surface area contributed by atoms with E-state index in [-0.39, 0.29) is 5.56 Å². The van der Waals surface area contributed by atoms with E-state index in [1.54, 1.807) is 6.07 Å². The Morgan fingerprint density at radius 1 is 1.36 bits per heavy atom. The molecule has 4 heteroatoms. The minimum atomic E-state index is -0.0473. The standard InChI is InChI=1S/C10H7BrINO/c11-5-6-3-10(14)13-9-4-7(12)1-2-8(6)9/h1-4H,5H2,(H,13,14). The Morgan fingerprint density at radius 2 is 2.14 bits per heavy atom. The van der Waals surface area contributed by atoms with Crippen LogP contribution in [-0.2, 0) is 5.33 Å². The summed E-state index contributed by atoms with van der Waals surface area (Å²) >= 11 is 5.61. The number of alkyl halides is 1. The molecule has 0 aliphatic heterocycles. The quantitative estimate of drug-likeness (QED) is 0.613. The number of nitrogens with one attached hydrogen (secondary N) is 1. The summed E-state index contributed by atoms with van der Waals surface area (Å²) in [6.07, 6.45) is 0. The van der Waals surface area contributed by atoms with Crippen LogP contribution >= 0.6 is 38.5 Å². The lowest BCUT2D eigenvalue weighted by Crippen LogP contribution is -2.05. The number of rotatable bonds is 1. The number of fused-ring (bicyclic) bond motifs is 1. The van der Waals surface area contributed by atoms with Gasteiger partial charge in [0.2, 0.25) is 5.56 Å². The lowest BCUT2D eigenvalue weighted by molar-refractivity contribution is 1.27. The Morgan fingerprint density at radius 3 is 2.86 bits per heavy atom. The van der Waals surface area contributed by atoms with Crippen LogP contribution in [-0.4, -0.2) is 4.98 Å². The number of aromatic nitrogens is 1. The molecule has 0 aliphatic rings. The van der Waals surface area contributed by atoms with Gasteiger partial charge < -0.3 is 4.98 Å². The van der Waals surface area contributed by atoms with Crippen LogP contribution in [0.4, 0.5) is 0 Å². The van der Waals surface area contributed by atoms with Crippen LogP contribution in [0.5, 0.6) is 0 Å². The first-order chi connectivity index (χ1) is 6.70. The van der Waals surface area contributed by atoms with E-state index in [1.165, 1.54) is 0 Å². The highest BCUT2D eigenvalue weighted by Crippen LogP contribution is 2.19. The number of halogens is 2. The van der Waals surface area contributed by atoms with E-state index in [4.69, 9.17) is 0 Å². The third kappa shape index (κ3) is 1.86. The molecule has 1 N–H and O–H groups in total. The normalized spacial score (nSPS) is 10.7. The molecule has 0 saturated carbocycles. The third-order valence-electron chi connectivity index (χ3n) is 2.03. The Bertz CT molecular complexity index is 535. The van der Waals surface area contributed by atoms with Gasteiger partial charge >= 0.3 is 0 Å². The summed E-state index contributed by atoms with van der Waals surface area (Å²) in [5.74, 6) is 0. The minimum absolute atomic E-state index is 0.0473. The topological polar surface area (TPSA) is 32.9 Å². The lowest BCUT2D eigenvalue weighted by atomic mass is 10.1. The molecule has 1 aromatic heterocycles. The van der Waals surface area contributed by atoms with Gasteiger partial charge in [0.25, 0.3) is 0 Å². The molecule has 1 aromatic carbocycles. The highest BCUT2D eigenvalue weighted by molar-refractivity contribution is 14.1. The second-order valence-corrected chi connectivity index (χ2v) is 4.79. The van der Waals surface area contributed by atoms with Crippen molar-refractivity contribution in [2.75, 3.05) is 0 Å². The van der Waals surface area contributed by atoms with Crippen LogP contribution in [0, 0.1) is 3.57 Å². The van der Waals surface area contributed by atoms with Gasteiger partial charge in [0.05, 0.1) is 0 Å². The van der Waals surface area contributed by atoms with E-state index in [1.807, 2.05) is 18.2 Å². The predicted octanol–water partition coefficient (Wildman–Crippen LogP) is 3.03. The summed E-state index contributed by atoms with van der Waals surface area (Å²) < 4.78 is 1.12. The Labute approximate surface area is 103 Å². The summed E-state index contributed by atoms with van der Waals surface area (Å²) in [5, 5.41) is 1.80. The summed E-state index contributed by atoms with van der Waals surface area (Å²) in [6, 6.07) is 7.67. The van der Waals surface area contributed by atoms with E-state index in [0.717, 1.165) is 20.0 Å². The second-order valence-electron chi connectivity index (χ2n) is 2.98. The molecule has 2 aromatic rings. The summed E-state index contributed by atoms with van der Waals surface area (Å²) in [7, 11) is 0. The van der Waals surface area contributed by atoms with Gasteiger partial charge in [-0.05, 0) is 40.3 Å². The zero-order valence-electron chi connectivity index (χ0n) is 7.18. The number of aromatic amines is 1. The maximum Gasteiger partial charge on any atom is 0.248 e. The first-order valence-corrected chi connectivity index (χ1v) is 6.28. The van der Waals surface area contributed by atoms with Crippen LogP contribution in [0.15, 0.2) is 29.1 Å². The van der Waals surface area contributed by atoms with Crippen molar-refractivity contribution in [3.05, 3.63) is 43.8 Å². The Hall–Kier alpha value is -0.360. The maximum atomic E-state index is 11.3.